The molecule has 0 unspecified atom stereocenters. The summed E-state index contributed by atoms with van der Waals surface area (Å²) in [5, 5.41) is 11.3. The Balaban J connectivity index is 1.56. The van der Waals surface area contributed by atoms with Crippen LogP contribution in [-0.2, 0) is 30.7 Å². The molecule has 31 heavy (non-hydrogen) atoms. The summed E-state index contributed by atoms with van der Waals surface area (Å²) in [6, 6.07) is 10.1. The van der Waals surface area contributed by atoms with E-state index in [9.17, 15) is 9.90 Å². The molecule has 6 nitrogen and oxygen atoms in total. The fraction of sp³-hybridized carbons (Fsp3) is 0.500. The fourth-order valence-electron chi connectivity index (χ4n) is 4.18. The number of thiophene rings is 1. The second-order valence-corrected chi connectivity index (χ2v) is 9.68. The van der Waals surface area contributed by atoms with Crippen LogP contribution < -0.4 is 5.56 Å². The first-order valence-corrected chi connectivity index (χ1v) is 11.9. The highest BCUT2D eigenvalue weighted by molar-refractivity contribution is 7.18. The quantitative estimate of drug-likeness (QED) is 0.530. The molecule has 2 aromatic heterocycles. The minimum atomic E-state index is -0.615. The number of H-pyrrole nitrogens is 1. The predicted octanol–water partition coefficient (Wildman–Crippen LogP) is 3.65. The molecule has 7 heteroatoms. The first-order chi connectivity index (χ1) is 15.0. The number of rotatable bonds is 9. The van der Waals surface area contributed by atoms with E-state index in [1.165, 1.54) is 16.9 Å². The van der Waals surface area contributed by atoms with E-state index in [1.54, 1.807) is 11.3 Å². The molecule has 0 spiro atoms. The first-order valence-electron chi connectivity index (χ1n) is 11.1. The molecule has 0 bridgehead atoms. The Labute approximate surface area is 186 Å². The number of hydrogen-bond acceptors (Lipinski definition) is 6. The van der Waals surface area contributed by atoms with Gasteiger partial charge in [0.25, 0.3) is 5.56 Å². The Hall–Kier alpha value is -2.06. The number of aromatic nitrogens is 2. The van der Waals surface area contributed by atoms with Crippen molar-refractivity contribution in [3.05, 3.63) is 62.5 Å². The van der Waals surface area contributed by atoms with Crippen LogP contribution in [0.5, 0.6) is 0 Å². The standard InChI is InChI=1S/C24H31N3O3S/c1-16(2)30-15-18(28)13-27(12-17-8-4-3-5-9-17)14-21-25-23(29)22-19-10-6-7-11-20(19)31-24(22)26-21/h3-5,8-9,16,18,28H,6-7,10-15H2,1-2H3,(H,25,26,29)/t18-/m1/s1. The highest BCUT2D eigenvalue weighted by Gasteiger charge is 2.21. The average molecular weight is 442 g/mol. The van der Waals surface area contributed by atoms with Gasteiger partial charge in [0, 0.05) is 18.0 Å². The molecular formula is C24H31N3O3S. The van der Waals surface area contributed by atoms with Crippen LogP contribution in [0.3, 0.4) is 0 Å². The van der Waals surface area contributed by atoms with E-state index in [0.717, 1.165) is 35.0 Å². The van der Waals surface area contributed by atoms with Gasteiger partial charge in [0.05, 0.1) is 30.7 Å². The molecule has 3 aromatic rings. The molecule has 4 rings (SSSR count). The van der Waals surface area contributed by atoms with E-state index in [1.807, 2.05) is 32.0 Å². The topological polar surface area (TPSA) is 78.5 Å². The van der Waals surface area contributed by atoms with Gasteiger partial charge in [-0.3, -0.25) is 9.69 Å². The monoisotopic (exact) mass is 441 g/mol. The van der Waals surface area contributed by atoms with Gasteiger partial charge in [0.1, 0.15) is 10.7 Å². The maximum Gasteiger partial charge on any atom is 0.259 e. The lowest BCUT2D eigenvalue weighted by Gasteiger charge is -2.25. The van der Waals surface area contributed by atoms with Gasteiger partial charge < -0.3 is 14.8 Å². The number of fused-ring (bicyclic) bond motifs is 3. The number of aryl methyl sites for hydroxylation is 2. The number of aromatic amines is 1. The van der Waals surface area contributed by atoms with E-state index in [2.05, 4.69) is 22.0 Å². The third-order valence-electron chi connectivity index (χ3n) is 5.59. The number of hydrogen-bond donors (Lipinski definition) is 2. The largest absolute Gasteiger partial charge is 0.389 e. The van der Waals surface area contributed by atoms with E-state index in [0.29, 0.717) is 25.5 Å². The molecule has 0 saturated heterocycles. The molecule has 0 amide bonds. The van der Waals surface area contributed by atoms with E-state index >= 15 is 0 Å². The van der Waals surface area contributed by atoms with Crippen LogP contribution in [0.15, 0.2) is 35.1 Å². The number of aliphatic hydroxyl groups is 1. The van der Waals surface area contributed by atoms with Gasteiger partial charge in [-0.25, -0.2) is 4.98 Å². The molecule has 1 aromatic carbocycles. The Kier molecular flexibility index (Phi) is 7.17. The van der Waals surface area contributed by atoms with Gasteiger partial charge in [-0.1, -0.05) is 30.3 Å². The highest BCUT2D eigenvalue weighted by Crippen LogP contribution is 2.33. The lowest BCUT2D eigenvalue weighted by atomic mass is 9.97. The van der Waals surface area contributed by atoms with Crippen LogP contribution in [0, 0.1) is 0 Å². The van der Waals surface area contributed by atoms with Gasteiger partial charge in [0.15, 0.2) is 0 Å². The number of nitrogens with zero attached hydrogens (tertiary/aromatic N) is 2. The minimum Gasteiger partial charge on any atom is -0.389 e. The third-order valence-corrected chi connectivity index (χ3v) is 6.77. The summed E-state index contributed by atoms with van der Waals surface area (Å²) in [7, 11) is 0. The van der Waals surface area contributed by atoms with Crippen molar-refractivity contribution < 1.29 is 9.84 Å². The van der Waals surface area contributed by atoms with Crippen molar-refractivity contribution in [1.29, 1.82) is 0 Å². The Morgan fingerprint density at radius 2 is 1.97 bits per heavy atom. The second-order valence-electron chi connectivity index (χ2n) is 8.59. The van der Waals surface area contributed by atoms with Crippen molar-refractivity contribution in [2.24, 2.45) is 0 Å². The summed E-state index contributed by atoms with van der Waals surface area (Å²) >= 11 is 1.67. The lowest BCUT2D eigenvalue weighted by Crippen LogP contribution is -2.35. The van der Waals surface area contributed by atoms with Crippen molar-refractivity contribution >= 4 is 21.6 Å². The van der Waals surface area contributed by atoms with Crippen LogP contribution in [0.4, 0.5) is 0 Å². The van der Waals surface area contributed by atoms with Crippen LogP contribution in [0.25, 0.3) is 10.2 Å². The summed E-state index contributed by atoms with van der Waals surface area (Å²) in [6.07, 6.45) is 3.81. The van der Waals surface area contributed by atoms with Gasteiger partial charge in [-0.05, 0) is 50.7 Å². The smallest absolute Gasteiger partial charge is 0.259 e. The Bertz CT molecular complexity index is 1060. The van der Waals surface area contributed by atoms with Crippen molar-refractivity contribution in [3.8, 4) is 0 Å². The normalized spacial score (nSPS) is 15.0. The summed E-state index contributed by atoms with van der Waals surface area (Å²) in [4.78, 5) is 25.0. The van der Waals surface area contributed by atoms with E-state index in [-0.39, 0.29) is 18.3 Å². The molecule has 0 radical (unpaired) electrons. The van der Waals surface area contributed by atoms with Gasteiger partial charge in [-0.15, -0.1) is 11.3 Å². The highest BCUT2D eigenvalue weighted by atomic mass is 32.1. The predicted molar refractivity (Wildman–Crippen MR) is 125 cm³/mol. The SMILES string of the molecule is CC(C)OC[C@H](O)CN(Cc1ccccc1)Cc1nc2sc3c(c2c(=O)[nH]1)CCCC3. The number of benzene rings is 1. The van der Waals surface area contributed by atoms with Crippen LogP contribution in [0.1, 0.15) is 48.5 Å². The zero-order valence-corrected chi connectivity index (χ0v) is 19.1. The van der Waals surface area contributed by atoms with Crippen molar-refractivity contribution in [3.63, 3.8) is 0 Å². The number of ether oxygens (including phenoxy) is 1. The van der Waals surface area contributed by atoms with Crippen LogP contribution >= 0.6 is 11.3 Å². The lowest BCUT2D eigenvalue weighted by molar-refractivity contribution is -0.0109. The number of nitrogens with one attached hydrogen (secondary N) is 1. The maximum atomic E-state index is 12.9. The Morgan fingerprint density at radius 1 is 1.19 bits per heavy atom. The summed E-state index contributed by atoms with van der Waals surface area (Å²) in [5.41, 5.74) is 2.31. The zero-order valence-electron chi connectivity index (χ0n) is 18.3. The van der Waals surface area contributed by atoms with Crippen molar-refractivity contribution in [1.82, 2.24) is 14.9 Å². The molecule has 166 valence electrons. The minimum absolute atomic E-state index is 0.0391. The molecule has 2 heterocycles. The second kappa shape index (κ2) is 10.0. The number of aliphatic hydroxyl groups excluding tert-OH is 1. The fourth-order valence-corrected chi connectivity index (χ4v) is 5.46. The molecule has 0 aliphatic heterocycles. The van der Waals surface area contributed by atoms with Crippen LogP contribution in [0.2, 0.25) is 0 Å². The molecule has 0 saturated carbocycles. The van der Waals surface area contributed by atoms with Gasteiger partial charge in [0.2, 0.25) is 0 Å². The zero-order chi connectivity index (χ0) is 21.8. The van der Waals surface area contributed by atoms with Crippen LogP contribution in [-0.4, -0.2) is 45.3 Å². The average Bonchev–Trinajstić information content (AvgIpc) is 3.11. The maximum absolute atomic E-state index is 12.9. The Morgan fingerprint density at radius 3 is 2.74 bits per heavy atom. The summed E-state index contributed by atoms with van der Waals surface area (Å²) < 4.78 is 5.58. The summed E-state index contributed by atoms with van der Waals surface area (Å²) in [6.45, 7) is 5.75. The van der Waals surface area contributed by atoms with Crippen molar-refractivity contribution in [2.75, 3.05) is 13.2 Å². The van der Waals surface area contributed by atoms with Gasteiger partial charge in [-0.2, -0.15) is 0 Å². The van der Waals surface area contributed by atoms with Crippen molar-refractivity contribution in [2.45, 2.75) is 64.8 Å². The van der Waals surface area contributed by atoms with E-state index in [4.69, 9.17) is 9.72 Å². The van der Waals surface area contributed by atoms with E-state index < -0.39 is 6.10 Å². The molecule has 2 N–H and O–H groups in total. The molecular weight excluding hydrogens is 410 g/mol. The molecule has 1 atom stereocenters. The summed E-state index contributed by atoms with van der Waals surface area (Å²) in [5.74, 6) is 0.643. The molecule has 1 aliphatic rings. The molecule has 1 aliphatic carbocycles. The first kappa shape index (κ1) is 22.1. The van der Waals surface area contributed by atoms with Gasteiger partial charge >= 0.3 is 0 Å². The molecule has 0 fully saturated rings. The third kappa shape index (κ3) is 5.60.